The Hall–Kier alpha value is -2.55. The minimum absolute atomic E-state index is 0.0695. The first kappa shape index (κ1) is 15.5. The Morgan fingerprint density at radius 2 is 2.20 bits per heavy atom. The van der Waals surface area contributed by atoms with Crippen LogP contribution in [0.1, 0.15) is 23.7 Å². The summed E-state index contributed by atoms with van der Waals surface area (Å²) in [7, 11) is 1.48. The molecule has 0 aliphatic rings. The van der Waals surface area contributed by atoms with E-state index in [1.54, 1.807) is 18.2 Å². The summed E-state index contributed by atoms with van der Waals surface area (Å²) >= 11 is 0. The topological polar surface area (TPSA) is 90.6 Å². The Bertz CT molecular complexity index is 536. The Kier molecular flexibility index (Phi) is 5.54. The average molecular weight is 276 g/mol. The maximum absolute atomic E-state index is 12.4. The molecule has 0 saturated carbocycles. The zero-order valence-corrected chi connectivity index (χ0v) is 11.4. The van der Waals surface area contributed by atoms with Crippen molar-refractivity contribution in [2.45, 2.75) is 19.4 Å². The molecule has 6 heteroatoms. The summed E-state index contributed by atoms with van der Waals surface area (Å²) < 4.78 is 5.03. The molecule has 106 valence electrons. The van der Waals surface area contributed by atoms with Crippen molar-refractivity contribution < 1.29 is 19.4 Å². The monoisotopic (exact) mass is 276 g/mol. The number of amides is 1. The molecule has 0 aliphatic carbocycles. The fourth-order valence-electron chi connectivity index (χ4n) is 1.70. The van der Waals surface area contributed by atoms with Gasteiger partial charge >= 0.3 is 5.97 Å². The molecule has 0 heterocycles. The molecular formula is C14H16N2O4. The lowest BCUT2D eigenvalue weighted by atomic mass is 10.1. The summed E-state index contributed by atoms with van der Waals surface area (Å²) in [5, 5.41) is 17.7. The van der Waals surface area contributed by atoms with Gasteiger partial charge in [-0.3, -0.25) is 4.79 Å². The third kappa shape index (κ3) is 3.72. The number of carbonyl (C=O) groups is 2. The van der Waals surface area contributed by atoms with Crippen LogP contribution in [0.2, 0.25) is 0 Å². The van der Waals surface area contributed by atoms with Crippen molar-refractivity contribution in [2.24, 2.45) is 0 Å². The van der Waals surface area contributed by atoms with Gasteiger partial charge in [0.2, 0.25) is 0 Å². The quantitative estimate of drug-likeness (QED) is 0.850. The zero-order chi connectivity index (χ0) is 15.1. The maximum atomic E-state index is 12.4. The second-order valence-electron chi connectivity index (χ2n) is 4.15. The highest BCUT2D eigenvalue weighted by atomic mass is 16.5. The Morgan fingerprint density at radius 1 is 1.50 bits per heavy atom. The number of aliphatic carboxylic acids is 1. The van der Waals surface area contributed by atoms with Crippen LogP contribution in [0.25, 0.3) is 0 Å². The number of carbonyl (C=O) groups excluding carboxylic acids is 1. The van der Waals surface area contributed by atoms with Gasteiger partial charge in [0.1, 0.15) is 11.8 Å². The highest BCUT2D eigenvalue weighted by Gasteiger charge is 2.26. The molecule has 0 spiro atoms. The molecular weight excluding hydrogens is 260 g/mol. The molecule has 20 heavy (non-hydrogen) atoms. The standard InChI is InChI=1S/C14H16N2O4/c1-10(14(18)19)16(8-4-7-15)13(17)11-5-3-6-12(9-11)20-2/h3,5-6,9-10H,4,8H2,1-2H3,(H,18,19). The van der Waals surface area contributed by atoms with Crippen molar-refractivity contribution in [3.8, 4) is 11.8 Å². The summed E-state index contributed by atoms with van der Waals surface area (Å²) in [4.78, 5) is 24.6. The van der Waals surface area contributed by atoms with Gasteiger partial charge in [-0.2, -0.15) is 5.26 Å². The van der Waals surface area contributed by atoms with Gasteiger partial charge in [0, 0.05) is 12.1 Å². The van der Waals surface area contributed by atoms with Gasteiger partial charge < -0.3 is 14.7 Å². The maximum Gasteiger partial charge on any atom is 0.326 e. The highest BCUT2D eigenvalue weighted by molar-refractivity contribution is 5.96. The van der Waals surface area contributed by atoms with Gasteiger partial charge in [0.25, 0.3) is 5.91 Å². The molecule has 1 aromatic rings. The number of nitrogens with zero attached hydrogens (tertiary/aromatic N) is 2. The lowest BCUT2D eigenvalue weighted by Crippen LogP contribution is -2.43. The SMILES string of the molecule is COc1cccc(C(=O)N(CCC#N)C(C)C(=O)O)c1. The molecule has 1 unspecified atom stereocenters. The van der Waals surface area contributed by atoms with E-state index in [1.165, 1.54) is 25.0 Å². The van der Waals surface area contributed by atoms with Crippen molar-refractivity contribution in [1.29, 1.82) is 5.26 Å². The summed E-state index contributed by atoms with van der Waals surface area (Å²) in [6, 6.07) is 7.38. The first-order valence-electron chi connectivity index (χ1n) is 6.06. The Labute approximate surface area is 117 Å². The van der Waals surface area contributed by atoms with Crippen LogP contribution in [0.5, 0.6) is 5.75 Å². The molecule has 0 aliphatic heterocycles. The minimum atomic E-state index is -1.11. The van der Waals surface area contributed by atoms with E-state index in [2.05, 4.69) is 0 Å². The van der Waals surface area contributed by atoms with Crippen molar-refractivity contribution >= 4 is 11.9 Å². The minimum Gasteiger partial charge on any atom is -0.497 e. The lowest BCUT2D eigenvalue weighted by Gasteiger charge is -2.25. The van der Waals surface area contributed by atoms with Crippen LogP contribution < -0.4 is 4.74 Å². The van der Waals surface area contributed by atoms with Crippen molar-refractivity contribution in [2.75, 3.05) is 13.7 Å². The molecule has 0 aromatic heterocycles. The molecule has 0 fully saturated rings. The first-order chi connectivity index (χ1) is 9.51. The van der Waals surface area contributed by atoms with Crippen LogP contribution in [0, 0.1) is 11.3 Å². The fraction of sp³-hybridized carbons (Fsp3) is 0.357. The molecule has 1 N–H and O–H groups in total. The van der Waals surface area contributed by atoms with E-state index in [0.29, 0.717) is 11.3 Å². The summed E-state index contributed by atoms with van der Waals surface area (Å²) in [6.07, 6.45) is 0.0767. The lowest BCUT2D eigenvalue weighted by molar-refractivity contribution is -0.141. The predicted octanol–water partition coefficient (Wildman–Crippen LogP) is 1.52. The number of hydrogen-bond acceptors (Lipinski definition) is 4. The van der Waals surface area contributed by atoms with E-state index < -0.39 is 17.9 Å². The average Bonchev–Trinajstić information content (AvgIpc) is 2.47. The Balaban J connectivity index is 3.02. The van der Waals surface area contributed by atoms with Crippen molar-refractivity contribution in [1.82, 2.24) is 4.90 Å². The van der Waals surface area contributed by atoms with E-state index in [-0.39, 0.29) is 13.0 Å². The number of carboxylic acid groups (broad SMARTS) is 1. The van der Waals surface area contributed by atoms with Crippen LogP contribution in [-0.2, 0) is 4.79 Å². The number of hydrogen-bond donors (Lipinski definition) is 1. The number of nitriles is 1. The van der Waals surface area contributed by atoms with E-state index >= 15 is 0 Å². The van der Waals surface area contributed by atoms with Crippen molar-refractivity contribution in [3.63, 3.8) is 0 Å². The van der Waals surface area contributed by atoms with E-state index in [0.717, 1.165) is 0 Å². The van der Waals surface area contributed by atoms with Gasteiger partial charge in [-0.15, -0.1) is 0 Å². The van der Waals surface area contributed by atoms with Gasteiger partial charge in [-0.1, -0.05) is 6.07 Å². The third-order valence-electron chi connectivity index (χ3n) is 2.87. The van der Waals surface area contributed by atoms with Crippen LogP contribution >= 0.6 is 0 Å². The molecule has 1 atom stereocenters. The summed E-state index contributed by atoms with van der Waals surface area (Å²) in [5.74, 6) is -1.03. The van der Waals surface area contributed by atoms with Crippen molar-refractivity contribution in [3.05, 3.63) is 29.8 Å². The number of methoxy groups -OCH3 is 1. The number of carboxylic acids is 1. The van der Waals surface area contributed by atoms with E-state index in [4.69, 9.17) is 15.1 Å². The van der Waals surface area contributed by atoms with Crippen LogP contribution in [-0.4, -0.2) is 41.6 Å². The van der Waals surface area contributed by atoms with Crippen LogP contribution in [0.15, 0.2) is 24.3 Å². The molecule has 0 radical (unpaired) electrons. The second kappa shape index (κ2) is 7.14. The van der Waals surface area contributed by atoms with E-state index in [1.807, 2.05) is 6.07 Å². The molecule has 1 rings (SSSR count). The Morgan fingerprint density at radius 3 is 2.75 bits per heavy atom. The molecule has 1 amide bonds. The third-order valence-corrected chi connectivity index (χ3v) is 2.87. The number of rotatable bonds is 6. The normalized spacial score (nSPS) is 11.2. The smallest absolute Gasteiger partial charge is 0.326 e. The fourth-order valence-corrected chi connectivity index (χ4v) is 1.70. The van der Waals surface area contributed by atoms with Gasteiger partial charge in [-0.05, 0) is 25.1 Å². The number of benzene rings is 1. The highest BCUT2D eigenvalue weighted by Crippen LogP contribution is 2.16. The van der Waals surface area contributed by atoms with Crippen LogP contribution in [0.3, 0.4) is 0 Å². The second-order valence-corrected chi connectivity index (χ2v) is 4.15. The van der Waals surface area contributed by atoms with Crippen LogP contribution in [0.4, 0.5) is 0 Å². The molecule has 6 nitrogen and oxygen atoms in total. The zero-order valence-electron chi connectivity index (χ0n) is 11.4. The van der Waals surface area contributed by atoms with Gasteiger partial charge in [0.15, 0.2) is 0 Å². The van der Waals surface area contributed by atoms with Gasteiger partial charge in [0.05, 0.1) is 19.6 Å². The predicted molar refractivity (Wildman–Crippen MR) is 71.4 cm³/mol. The number of ether oxygens (including phenoxy) is 1. The molecule has 1 aromatic carbocycles. The summed E-state index contributed by atoms with van der Waals surface area (Å²) in [5.41, 5.74) is 0.329. The summed E-state index contributed by atoms with van der Waals surface area (Å²) in [6.45, 7) is 1.48. The molecule has 0 bridgehead atoms. The largest absolute Gasteiger partial charge is 0.497 e. The van der Waals surface area contributed by atoms with E-state index in [9.17, 15) is 9.59 Å². The molecule has 0 saturated heterocycles. The first-order valence-corrected chi connectivity index (χ1v) is 6.06. The van der Waals surface area contributed by atoms with Gasteiger partial charge in [-0.25, -0.2) is 4.79 Å².